The fourth-order valence-corrected chi connectivity index (χ4v) is 2.75. The van der Waals surface area contributed by atoms with Gasteiger partial charge in [0.05, 0.1) is 0 Å². The van der Waals surface area contributed by atoms with E-state index in [2.05, 4.69) is 0 Å². The van der Waals surface area contributed by atoms with E-state index < -0.39 is 0 Å². The summed E-state index contributed by atoms with van der Waals surface area (Å²) in [6.07, 6.45) is 0. The molecule has 2 rings (SSSR count). The van der Waals surface area contributed by atoms with E-state index in [0.717, 1.165) is 15.4 Å². The summed E-state index contributed by atoms with van der Waals surface area (Å²) in [7, 11) is 0. The van der Waals surface area contributed by atoms with Crippen molar-refractivity contribution in [1.82, 2.24) is 0 Å². The van der Waals surface area contributed by atoms with E-state index in [4.69, 9.17) is 17.3 Å². The minimum Gasteiger partial charge on any atom is -0.324 e. The summed E-state index contributed by atoms with van der Waals surface area (Å²) in [6, 6.07) is 12.0. The molecular formula is C14H13ClFNS. The van der Waals surface area contributed by atoms with Crippen molar-refractivity contribution in [2.45, 2.75) is 22.8 Å². The molecule has 0 unspecified atom stereocenters. The normalized spacial score (nSPS) is 12.4. The summed E-state index contributed by atoms with van der Waals surface area (Å²) in [4.78, 5) is 2.02. The molecule has 94 valence electrons. The Balaban J connectivity index is 2.31. The van der Waals surface area contributed by atoms with E-state index in [1.807, 2.05) is 31.2 Å². The van der Waals surface area contributed by atoms with Crippen molar-refractivity contribution in [2.24, 2.45) is 5.73 Å². The molecule has 0 heterocycles. The van der Waals surface area contributed by atoms with E-state index in [-0.39, 0.29) is 11.9 Å². The van der Waals surface area contributed by atoms with Gasteiger partial charge in [0.2, 0.25) is 0 Å². The molecule has 1 nitrogen and oxygen atoms in total. The second kappa shape index (κ2) is 5.74. The van der Waals surface area contributed by atoms with Gasteiger partial charge in [-0.15, -0.1) is 0 Å². The Kier molecular flexibility index (Phi) is 4.27. The van der Waals surface area contributed by atoms with Crippen LogP contribution in [0.5, 0.6) is 0 Å². The molecule has 2 N–H and O–H groups in total. The molecule has 0 spiro atoms. The van der Waals surface area contributed by atoms with Gasteiger partial charge >= 0.3 is 0 Å². The van der Waals surface area contributed by atoms with Crippen LogP contribution in [-0.4, -0.2) is 0 Å². The van der Waals surface area contributed by atoms with E-state index in [1.165, 1.54) is 12.1 Å². The minimum absolute atomic E-state index is 0.199. The highest BCUT2D eigenvalue weighted by atomic mass is 35.5. The molecule has 0 fully saturated rings. The molecule has 0 radical (unpaired) electrons. The van der Waals surface area contributed by atoms with E-state index in [0.29, 0.717) is 5.02 Å². The van der Waals surface area contributed by atoms with Crippen LogP contribution in [0, 0.1) is 5.82 Å². The molecule has 0 saturated carbocycles. The number of hydrogen-bond acceptors (Lipinski definition) is 2. The maximum absolute atomic E-state index is 13.2. The molecule has 0 aliphatic rings. The standard InChI is InChI=1S/C14H13ClFNS/c1-9(17)13-8-11(16)4-7-14(13)18-12-5-2-10(15)3-6-12/h2-9H,17H2,1H3/t9-/m1/s1. The minimum atomic E-state index is -0.261. The number of halogens is 2. The maximum Gasteiger partial charge on any atom is 0.123 e. The lowest BCUT2D eigenvalue weighted by molar-refractivity contribution is 0.619. The zero-order valence-corrected chi connectivity index (χ0v) is 11.4. The molecule has 2 aromatic rings. The van der Waals surface area contributed by atoms with Gasteiger partial charge in [0.15, 0.2) is 0 Å². The molecular weight excluding hydrogens is 269 g/mol. The van der Waals surface area contributed by atoms with Crippen molar-refractivity contribution in [3.05, 3.63) is 58.9 Å². The van der Waals surface area contributed by atoms with Gasteiger partial charge in [-0.25, -0.2) is 4.39 Å². The lowest BCUT2D eigenvalue weighted by Crippen LogP contribution is -2.06. The lowest BCUT2D eigenvalue weighted by Gasteiger charge is -2.12. The Hall–Kier alpha value is -1.03. The highest BCUT2D eigenvalue weighted by Crippen LogP contribution is 2.33. The van der Waals surface area contributed by atoms with Crippen molar-refractivity contribution in [2.75, 3.05) is 0 Å². The topological polar surface area (TPSA) is 26.0 Å². The smallest absolute Gasteiger partial charge is 0.123 e. The van der Waals surface area contributed by atoms with Crippen LogP contribution in [-0.2, 0) is 0 Å². The average Bonchev–Trinajstić information content (AvgIpc) is 2.34. The molecule has 0 saturated heterocycles. The number of benzene rings is 2. The predicted octanol–water partition coefficient (Wildman–Crippen LogP) is 4.65. The summed E-state index contributed by atoms with van der Waals surface area (Å²) in [5.74, 6) is -0.261. The molecule has 1 atom stereocenters. The zero-order chi connectivity index (χ0) is 13.1. The molecule has 18 heavy (non-hydrogen) atoms. The number of hydrogen-bond donors (Lipinski definition) is 1. The Morgan fingerprint density at radius 2 is 1.83 bits per heavy atom. The highest BCUT2D eigenvalue weighted by molar-refractivity contribution is 7.99. The Bertz CT molecular complexity index is 540. The Labute approximate surface area is 115 Å². The van der Waals surface area contributed by atoms with Gasteiger partial charge in [0.1, 0.15) is 5.82 Å². The maximum atomic E-state index is 13.2. The third-order valence-electron chi connectivity index (χ3n) is 2.50. The van der Waals surface area contributed by atoms with Crippen molar-refractivity contribution in [3.8, 4) is 0 Å². The Morgan fingerprint density at radius 3 is 2.44 bits per heavy atom. The summed E-state index contributed by atoms with van der Waals surface area (Å²) >= 11 is 7.39. The monoisotopic (exact) mass is 281 g/mol. The van der Waals surface area contributed by atoms with Crippen molar-refractivity contribution in [3.63, 3.8) is 0 Å². The SMILES string of the molecule is C[C@@H](N)c1cc(F)ccc1Sc1ccc(Cl)cc1. The third kappa shape index (κ3) is 3.25. The molecule has 0 aliphatic heterocycles. The molecule has 2 aromatic carbocycles. The molecule has 0 bridgehead atoms. The van der Waals surface area contributed by atoms with Gasteiger partial charge in [-0.1, -0.05) is 23.4 Å². The van der Waals surface area contributed by atoms with Crippen molar-refractivity contribution >= 4 is 23.4 Å². The summed E-state index contributed by atoms with van der Waals surface area (Å²) < 4.78 is 13.2. The number of rotatable bonds is 3. The summed E-state index contributed by atoms with van der Waals surface area (Å²) in [6.45, 7) is 1.85. The first-order valence-electron chi connectivity index (χ1n) is 5.54. The number of nitrogens with two attached hydrogens (primary N) is 1. The summed E-state index contributed by atoms with van der Waals surface area (Å²) in [5, 5.41) is 0.700. The molecule has 0 amide bonds. The Morgan fingerprint density at radius 1 is 1.17 bits per heavy atom. The predicted molar refractivity (Wildman–Crippen MR) is 74.6 cm³/mol. The van der Waals surface area contributed by atoms with Crippen molar-refractivity contribution in [1.29, 1.82) is 0 Å². The van der Waals surface area contributed by atoms with E-state index >= 15 is 0 Å². The van der Waals surface area contributed by atoms with Crippen LogP contribution in [0.2, 0.25) is 5.02 Å². The molecule has 4 heteroatoms. The van der Waals surface area contributed by atoms with Gasteiger partial charge in [-0.3, -0.25) is 0 Å². The van der Waals surface area contributed by atoms with Crippen LogP contribution in [0.4, 0.5) is 4.39 Å². The van der Waals surface area contributed by atoms with Gasteiger partial charge in [-0.05, 0) is 55.0 Å². The fourth-order valence-electron chi connectivity index (χ4n) is 1.60. The van der Waals surface area contributed by atoms with Crippen LogP contribution in [0.15, 0.2) is 52.3 Å². The van der Waals surface area contributed by atoms with Crippen LogP contribution >= 0.6 is 23.4 Å². The van der Waals surface area contributed by atoms with Crippen LogP contribution in [0.25, 0.3) is 0 Å². The first-order chi connectivity index (χ1) is 8.56. The van der Waals surface area contributed by atoms with Gasteiger partial charge in [0.25, 0.3) is 0 Å². The second-order valence-electron chi connectivity index (χ2n) is 4.03. The first-order valence-corrected chi connectivity index (χ1v) is 6.74. The van der Waals surface area contributed by atoms with E-state index in [1.54, 1.807) is 17.8 Å². The highest BCUT2D eigenvalue weighted by Gasteiger charge is 2.09. The van der Waals surface area contributed by atoms with E-state index in [9.17, 15) is 4.39 Å². The quantitative estimate of drug-likeness (QED) is 0.886. The summed E-state index contributed by atoms with van der Waals surface area (Å²) in [5.41, 5.74) is 6.67. The van der Waals surface area contributed by atoms with Gasteiger partial charge < -0.3 is 5.73 Å². The van der Waals surface area contributed by atoms with Crippen LogP contribution in [0.1, 0.15) is 18.5 Å². The van der Waals surface area contributed by atoms with Gasteiger partial charge in [0, 0.05) is 20.9 Å². The zero-order valence-electron chi connectivity index (χ0n) is 9.86. The average molecular weight is 282 g/mol. The van der Waals surface area contributed by atoms with Gasteiger partial charge in [-0.2, -0.15) is 0 Å². The fraction of sp³-hybridized carbons (Fsp3) is 0.143. The van der Waals surface area contributed by atoms with Crippen LogP contribution in [0.3, 0.4) is 0 Å². The largest absolute Gasteiger partial charge is 0.324 e. The third-order valence-corrected chi connectivity index (χ3v) is 3.86. The first kappa shape index (κ1) is 13.4. The van der Waals surface area contributed by atoms with Crippen molar-refractivity contribution < 1.29 is 4.39 Å². The van der Waals surface area contributed by atoms with Crippen LogP contribution < -0.4 is 5.73 Å². The second-order valence-corrected chi connectivity index (χ2v) is 5.58. The lowest BCUT2D eigenvalue weighted by atomic mass is 10.1. The molecule has 0 aliphatic carbocycles. The molecule has 0 aromatic heterocycles.